The second-order valence-electron chi connectivity index (χ2n) is 12.3. The van der Waals surface area contributed by atoms with Crippen molar-refractivity contribution in [2.75, 3.05) is 13.1 Å². The average Bonchev–Trinajstić information content (AvgIpc) is 3.60. The molecule has 212 valence electrons. The van der Waals surface area contributed by atoms with Gasteiger partial charge in [-0.15, -0.1) is 0 Å². The van der Waals surface area contributed by atoms with E-state index in [1.807, 2.05) is 35.1 Å². The topological polar surface area (TPSA) is 55.2 Å². The van der Waals surface area contributed by atoms with Crippen molar-refractivity contribution < 1.29 is 12.8 Å². The fraction of sp³-hybridized carbons (Fsp3) is 0.485. The van der Waals surface area contributed by atoms with Gasteiger partial charge in [-0.05, 0) is 116 Å². The predicted molar refractivity (Wildman–Crippen MR) is 157 cm³/mol. The van der Waals surface area contributed by atoms with Crippen LogP contribution in [0.4, 0.5) is 4.39 Å². The summed E-state index contributed by atoms with van der Waals surface area (Å²) in [6, 6.07) is 14.1. The lowest BCUT2D eigenvalue weighted by Crippen LogP contribution is -2.41. The van der Waals surface area contributed by atoms with Gasteiger partial charge in [-0.25, -0.2) is 17.5 Å². The predicted octanol–water partition coefficient (Wildman–Crippen LogP) is 7.20. The van der Waals surface area contributed by atoms with E-state index in [0.29, 0.717) is 23.9 Å². The molecule has 2 saturated carbocycles. The second-order valence-corrected chi connectivity index (χ2v) is 14.2. The standard InChI is InChI=1S/C33H40FN3O2S/c1-3-4-5-6-24-9-17-31(18-10-24)40(38,39)36(22-25-7-8-25)23-28-12-11-27-19-32-26(20-33(27,28)2)21-35-37(32)30-15-13-29(34)14-16-30/h9-10,13-19,21,25,28H,3-8,11-12,20,22-23H2,1-2H3/t28-,33+/m1/s1. The Morgan fingerprint density at radius 3 is 2.48 bits per heavy atom. The molecule has 0 amide bonds. The summed E-state index contributed by atoms with van der Waals surface area (Å²) in [5.41, 5.74) is 5.53. The van der Waals surface area contributed by atoms with Crippen molar-refractivity contribution in [2.45, 2.75) is 76.5 Å². The lowest BCUT2D eigenvalue weighted by atomic mass is 9.70. The highest BCUT2D eigenvalue weighted by Crippen LogP contribution is 2.53. The van der Waals surface area contributed by atoms with Gasteiger partial charge in [0, 0.05) is 13.1 Å². The zero-order valence-electron chi connectivity index (χ0n) is 23.7. The van der Waals surface area contributed by atoms with Crippen molar-refractivity contribution in [1.82, 2.24) is 14.1 Å². The Bertz CT molecular complexity index is 1490. The number of benzene rings is 2. The Morgan fingerprint density at radius 2 is 1.77 bits per heavy atom. The summed E-state index contributed by atoms with van der Waals surface area (Å²) < 4.78 is 45.1. The van der Waals surface area contributed by atoms with E-state index in [2.05, 4.69) is 25.0 Å². The molecule has 0 aliphatic heterocycles. The Morgan fingerprint density at radius 1 is 1.02 bits per heavy atom. The fourth-order valence-corrected chi connectivity index (χ4v) is 8.24. The van der Waals surface area contributed by atoms with E-state index in [0.717, 1.165) is 61.9 Å². The number of sulfonamides is 1. The molecular formula is C33H40FN3O2S. The number of hydrogen-bond acceptors (Lipinski definition) is 3. The Labute approximate surface area is 238 Å². The molecule has 0 N–H and O–H groups in total. The SMILES string of the molecule is CCCCCc1ccc(S(=O)(=O)N(CC2CC2)C[C@H]2CCC3=Cc4c(cnn4-c4ccc(F)cc4)C[C@@]32C)cc1. The maximum atomic E-state index is 14.0. The molecule has 0 bridgehead atoms. The summed E-state index contributed by atoms with van der Waals surface area (Å²) in [5.74, 6) is 0.449. The summed E-state index contributed by atoms with van der Waals surface area (Å²) >= 11 is 0. The molecule has 2 atom stereocenters. The molecular weight excluding hydrogens is 521 g/mol. The molecule has 3 aromatic rings. The number of rotatable bonds is 11. The highest BCUT2D eigenvalue weighted by Gasteiger charge is 2.47. The molecule has 0 spiro atoms. The van der Waals surface area contributed by atoms with Gasteiger partial charge in [0.2, 0.25) is 10.0 Å². The van der Waals surface area contributed by atoms with E-state index < -0.39 is 10.0 Å². The molecule has 3 aliphatic carbocycles. The van der Waals surface area contributed by atoms with E-state index in [4.69, 9.17) is 0 Å². The number of nitrogens with zero attached hydrogens (tertiary/aromatic N) is 3. The molecule has 3 aliphatic rings. The van der Waals surface area contributed by atoms with Gasteiger partial charge < -0.3 is 0 Å². The molecule has 1 heterocycles. The minimum atomic E-state index is -3.58. The molecule has 6 rings (SSSR count). The molecule has 1 aromatic heterocycles. The van der Waals surface area contributed by atoms with Crippen molar-refractivity contribution in [3.63, 3.8) is 0 Å². The third kappa shape index (κ3) is 5.30. The average molecular weight is 562 g/mol. The molecule has 40 heavy (non-hydrogen) atoms. The first-order chi connectivity index (χ1) is 19.3. The number of fused-ring (bicyclic) bond motifs is 2. The summed E-state index contributed by atoms with van der Waals surface area (Å²) in [7, 11) is -3.58. The van der Waals surface area contributed by atoms with Crippen LogP contribution in [0.15, 0.2) is 65.2 Å². The Hall–Kier alpha value is -2.77. The minimum absolute atomic E-state index is 0.107. The lowest BCUT2D eigenvalue weighted by Gasteiger charge is -2.38. The Kier molecular flexibility index (Phi) is 7.47. The van der Waals surface area contributed by atoms with Crippen molar-refractivity contribution >= 4 is 16.1 Å². The zero-order chi connectivity index (χ0) is 27.9. The number of allylic oxidation sites excluding steroid dienone is 1. The minimum Gasteiger partial charge on any atom is -0.233 e. The van der Waals surface area contributed by atoms with E-state index in [1.165, 1.54) is 36.1 Å². The van der Waals surface area contributed by atoms with Gasteiger partial charge in [-0.2, -0.15) is 9.40 Å². The molecule has 0 unspecified atom stereocenters. The molecule has 5 nitrogen and oxygen atoms in total. The zero-order valence-corrected chi connectivity index (χ0v) is 24.5. The van der Waals surface area contributed by atoms with Crippen LogP contribution in [-0.4, -0.2) is 35.6 Å². The van der Waals surface area contributed by atoms with Crippen LogP contribution in [0.25, 0.3) is 11.8 Å². The fourth-order valence-electron chi connectivity index (χ4n) is 6.68. The summed E-state index contributed by atoms with van der Waals surface area (Å²) in [4.78, 5) is 0.415. The number of halogens is 1. The summed E-state index contributed by atoms with van der Waals surface area (Å²) in [6.07, 6.45) is 13.7. The third-order valence-corrected chi connectivity index (χ3v) is 11.3. The van der Waals surface area contributed by atoms with Crippen molar-refractivity contribution in [2.24, 2.45) is 17.3 Å². The summed E-state index contributed by atoms with van der Waals surface area (Å²) in [6.45, 7) is 5.66. The first kappa shape index (κ1) is 27.4. The number of hydrogen-bond donors (Lipinski definition) is 0. The first-order valence-corrected chi connectivity index (χ1v) is 16.3. The van der Waals surface area contributed by atoms with Gasteiger partial charge in [0.05, 0.1) is 22.5 Å². The first-order valence-electron chi connectivity index (χ1n) is 14.9. The van der Waals surface area contributed by atoms with Crippen molar-refractivity contribution in [3.8, 4) is 5.69 Å². The Balaban J connectivity index is 1.23. The van der Waals surface area contributed by atoms with Gasteiger partial charge in [-0.1, -0.05) is 44.4 Å². The van der Waals surface area contributed by atoms with Gasteiger partial charge in [0.25, 0.3) is 0 Å². The van der Waals surface area contributed by atoms with E-state index in [9.17, 15) is 12.8 Å². The van der Waals surface area contributed by atoms with Crippen LogP contribution in [0.5, 0.6) is 0 Å². The van der Waals surface area contributed by atoms with Crippen LogP contribution in [-0.2, 0) is 22.9 Å². The quantitative estimate of drug-likeness (QED) is 0.233. The monoisotopic (exact) mass is 561 g/mol. The maximum absolute atomic E-state index is 14.0. The largest absolute Gasteiger partial charge is 0.243 e. The van der Waals surface area contributed by atoms with Gasteiger partial charge >= 0.3 is 0 Å². The number of aryl methyl sites for hydroxylation is 1. The van der Waals surface area contributed by atoms with Gasteiger partial charge in [0.15, 0.2) is 0 Å². The van der Waals surface area contributed by atoms with Crippen LogP contribution in [0.3, 0.4) is 0 Å². The maximum Gasteiger partial charge on any atom is 0.243 e. The smallest absolute Gasteiger partial charge is 0.233 e. The second kappa shape index (κ2) is 10.9. The van der Waals surface area contributed by atoms with Crippen LogP contribution in [0, 0.1) is 23.1 Å². The van der Waals surface area contributed by atoms with Crippen LogP contribution < -0.4 is 0 Å². The molecule has 2 aromatic carbocycles. The molecule has 0 radical (unpaired) electrons. The van der Waals surface area contributed by atoms with Gasteiger partial charge in [0.1, 0.15) is 5.82 Å². The summed E-state index contributed by atoms with van der Waals surface area (Å²) in [5, 5.41) is 4.64. The highest BCUT2D eigenvalue weighted by molar-refractivity contribution is 7.89. The van der Waals surface area contributed by atoms with Gasteiger partial charge in [-0.3, -0.25) is 0 Å². The van der Waals surface area contributed by atoms with Crippen LogP contribution in [0.2, 0.25) is 0 Å². The van der Waals surface area contributed by atoms with Crippen LogP contribution >= 0.6 is 0 Å². The molecule has 2 fully saturated rings. The molecule has 7 heteroatoms. The van der Waals surface area contributed by atoms with E-state index in [-0.39, 0.29) is 17.2 Å². The third-order valence-electron chi connectivity index (χ3n) is 9.44. The van der Waals surface area contributed by atoms with E-state index in [1.54, 1.807) is 16.4 Å². The van der Waals surface area contributed by atoms with Crippen molar-refractivity contribution in [3.05, 3.63) is 82.9 Å². The highest BCUT2D eigenvalue weighted by atomic mass is 32.2. The van der Waals surface area contributed by atoms with Crippen molar-refractivity contribution in [1.29, 1.82) is 0 Å². The normalized spacial score (nSPS) is 22.3. The lowest BCUT2D eigenvalue weighted by molar-refractivity contribution is 0.218. The number of aromatic nitrogens is 2. The van der Waals surface area contributed by atoms with Crippen LogP contribution in [0.1, 0.15) is 75.6 Å². The number of unbranched alkanes of at least 4 members (excludes halogenated alkanes) is 2. The molecule has 0 saturated heterocycles. The van der Waals surface area contributed by atoms with E-state index >= 15 is 0 Å².